The molecule has 4 saturated heterocycles. The molecule has 0 radical (unpaired) electrons. The van der Waals surface area contributed by atoms with Crippen LogP contribution in [0.4, 0.5) is 0 Å². The Labute approximate surface area is 268 Å². The van der Waals surface area contributed by atoms with Gasteiger partial charge in [-0.1, -0.05) is 59.6 Å². The Hall–Kier alpha value is -0.700. The van der Waals surface area contributed by atoms with Crippen LogP contribution in [0.2, 0.25) is 0 Å². The Morgan fingerprint density at radius 3 is 2.49 bits per heavy atom. The van der Waals surface area contributed by atoms with E-state index in [0.717, 1.165) is 25.3 Å². The molecule has 7 unspecified atom stereocenters. The molecule has 0 spiro atoms. The Morgan fingerprint density at radius 2 is 1.77 bits per heavy atom. The van der Waals surface area contributed by atoms with Gasteiger partial charge in [-0.25, -0.2) is 0 Å². The topological polar surface area (TPSA) is 64.2 Å². The molecule has 8 atom stereocenters. The van der Waals surface area contributed by atoms with Gasteiger partial charge in [0.25, 0.3) is 0 Å². The maximum atomic E-state index is 4.97. The number of aryl methyl sites for hydroxylation is 1. The smallest absolute Gasteiger partial charge is 0.0690 e. The number of nitrogens with zero attached hydrogens (tertiary/aromatic N) is 2. The van der Waals surface area contributed by atoms with Crippen LogP contribution in [0.25, 0.3) is 0 Å². The zero-order valence-electron chi connectivity index (χ0n) is 28.8. The molecule has 7 heteroatoms. The predicted molar refractivity (Wildman–Crippen MR) is 184 cm³/mol. The molecular weight excluding hydrogens is 549 g/mol. The van der Waals surface area contributed by atoms with E-state index in [1.807, 2.05) is 11.9 Å². The van der Waals surface area contributed by atoms with E-state index in [1.54, 1.807) is 0 Å². The number of piperidine rings is 2. The molecule has 4 aliphatic rings. The van der Waals surface area contributed by atoms with Gasteiger partial charge in [0.05, 0.1) is 17.7 Å². The van der Waals surface area contributed by atoms with Crippen molar-refractivity contribution in [2.45, 2.75) is 161 Å². The second kappa shape index (κ2) is 14.0. The van der Waals surface area contributed by atoms with Crippen molar-refractivity contribution in [2.75, 3.05) is 13.1 Å². The molecule has 0 saturated carbocycles. The molecule has 4 fully saturated rings. The number of hydrogen-bond donors (Lipinski definition) is 4. The summed E-state index contributed by atoms with van der Waals surface area (Å²) in [6.45, 7) is 21.5. The van der Waals surface area contributed by atoms with Crippen LogP contribution in [0.5, 0.6) is 0 Å². The lowest BCUT2D eigenvalue weighted by Crippen LogP contribution is -2.63. The summed E-state index contributed by atoms with van der Waals surface area (Å²) in [5, 5.41) is 12.7. The van der Waals surface area contributed by atoms with Gasteiger partial charge >= 0.3 is 0 Å². The summed E-state index contributed by atoms with van der Waals surface area (Å²) in [6.07, 6.45) is 16.4. The number of rotatable bonds is 4. The molecule has 1 aromatic heterocycles. The third kappa shape index (κ3) is 9.42. The predicted octanol–water partition coefficient (Wildman–Crippen LogP) is 6.86. The van der Waals surface area contributed by atoms with Crippen LogP contribution in [-0.2, 0) is 12.8 Å². The molecule has 5 heterocycles. The molecule has 0 aromatic carbocycles. The minimum atomic E-state index is 0.218. The first-order valence-corrected chi connectivity index (χ1v) is 18.5. The third-order valence-electron chi connectivity index (χ3n) is 10.8. The highest BCUT2D eigenvalue weighted by Gasteiger charge is 2.47. The van der Waals surface area contributed by atoms with E-state index < -0.39 is 0 Å². The Balaban J connectivity index is 1.31. The minimum absolute atomic E-state index is 0.218. The lowest BCUT2D eigenvalue weighted by Gasteiger charge is -2.50. The fourth-order valence-corrected chi connectivity index (χ4v) is 9.17. The zero-order chi connectivity index (χ0) is 30.8. The SMILES string of the molecule is CC(C)(C)CCc1ccc(CC2CC[C@@H]3CN(C4NC(C(C)(C)C)CCC4CNSC4CCCC(N2)N4)C(C)(C)C3)nc1. The van der Waals surface area contributed by atoms with Crippen LogP contribution < -0.4 is 20.7 Å². The molecule has 5 rings (SSSR count). The fraction of sp³-hybridized carbons (Fsp3) is 0.861. The van der Waals surface area contributed by atoms with Crippen LogP contribution in [-0.4, -0.2) is 58.3 Å². The van der Waals surface area contributed by atoms with Crippen LogP contribution in [0.15, 0.2) is 18.3 Å². The quantitative estimate of drug-likeness (QED) is 0.277. The van der Waals surface area contributed by atoms with Gasteiger partial charge in [0, 0.05) is 54.9 Å². The summed E-state index contributed by atoms with van der Waals surface area (Å²) in [4.78, 5) is 7.85. The fourth-order valence-electron chi connectivity index (χ4n) is 8.14. The van der Waals surface area contributed by atoms with Crippen molar-refractivity contribution in [3.05, 3.63) is 29.6 Å². The van der Waals surface area contributed by atoms with Crippen LogP contribution in [0.3, 0.4) is 0 Å². The summed E-state index contributed by atoms with van der Waals surface area (Å²) in [5.74, 6) is 1.38. The zero-order valence-corrected chi connectivity index (χ0v) is 29.6. The summed E-state index contributed by atoms with van der Waals surface area (Å²) in [6, 6.07) is 5.64. The lowest BCUT2D eigenvalue weighted by molar-refractivity contribution is 0.00552. The molecule has 43 heavy (non-hydrogen) atoms. The first-order chi connectivity index (χ1) is 20.2. The highest BCUT2D eigenvalue weighted by atomic mass is 32.2. The van der Waals surface area contributed by atoms with Crippen molar-refractivity contribution >= 4 is 11.9 Å². The van der Waals surface area contributed by atoms with Crippen LogP contribution in [0, 0.1) is 22.7 Å². The van der Waals surface area contributed by atoms with E-state index in [1.165, 1.54) is 75.6 Å². The molecule has 4 aliphatic heterocycles. The van der Waals surface area contributed by atoms with Crippen LogP contribution >= 0.6 is 11.9 Å². The van der Waals surface area contributed by atoms with Crippen molar-refractivity contribution < 1.29 is 0 Å². The van der Waals surface area contributed by atoms with Gasteiger partial charge in [-0.05, 0) is 106 Å². The third-order valence-corrected chi connectivity index (χ3v) is 11.8. The molecule has 4 N–H and O–H groups in total. The van der Waals surface area contributed by atoms with Crippen molar-refractivity contribution in [3.8, 4) is 0 Å². The molecule has 1 aromatic rings. The summed E-state index contributed by atoms with van der Waals surface area (Å²) in [7, 11) is 0. The minimum Gasteiger partial charge on any atom is -0.299 e. The van der Waals surface area contributed by atoms with Gasteiger partial charge in [-0.15, -0.1) is 0 Å². The van der Waals surface area contributed by atoms with E-state index in [2.05, 4.69) is 99.3 Å². The normalized spacial score (nSPS) is 35.9. The van der Waals surface area contributed by atoms with E-state index in [-0.39, 0.29) is 11.0 Å². The van der Waals surface area contributed by atoms with Gasteiger partial charge in [-0.3, -0.25) is 30.6 Å². The van der Waals surface area contributed by atoms with Gasteiger partial charge in [-0.2, -0.15) is 0 Å². The number of nitrogens with one attached hydrogen (secondary N) is 4. The highest BCUT2D eigenvalue weighted by Crippen LogP contribution is 2.41. The molecular formula is C36H64N6S. The largest absolute Gasteiger partial charge is 0.299 e. The molecule has 0 aliphatic carbocycles. The molecule has 0 amide bonds. The van der Waals surface area contributed by atoms with E-state index in [9.17, 15) is 0 Å². The van der Waals surface area contributed by atoms with Crippen molar-refractivity contribution in [1.29, 1.82) is 0 Å². The maximum Gasteiger partial charge on any atom is 0.0690 e. The Bertz CT molecular complexity index is 1010. The number of fused-ring (bicyclic) bond motifs is 6. The first-order valence-electron chi connectivity index (χ1n) is 17.6. The van der Waals surface area contributed by atoms with Gasteiger partial charge in [0.15, 0.2) is 0 Å². The standard InChI is InChI=1S/C36H64N6S/c1-34(2,3)19-18-25-12-15-28(37-22-25)20-29-16-13-26-21-36(7,8)42(24-26)33-27(14-17-30(40-33)35(4,5)6)23-38-43-32-11-9-10-31(39-29)41-32/h12,15,22,26-27,29-33,38-41H,9-11,13-14,16-21,23-24H2,1-8H3/t26-,27?,29?,30?,31?,32?,33?/m0/s1. The van der Waals surface area contributed by atoms with Gasteiger partial charge < -0.3 is 0 Å². The average Bonchev–Trinajstić information content (AvgIpc) is 3.24. The second-order valence-corrected chi connectivity index (χ2v) is 18.5. The van der Waals surface area contributed by atoms with Crippen molar-refractivity contribution in [1.82, 2.24) is 30.6 Å². The summed E-state index contributed by atoms with van der Waals surface area (Å²) >= 11 is 1.94. The lowest BCUT2D eigenvalue weighted by atomic mass is 9.78. The molecule has 4 bridgehead atoms. The van der Waals surface area contributed by atoms with Crippen LogP contribution in [0.1, 0.15) is 124 Å². The first kappa shape index (κ1) is 33.7. The molecule has 244 valence electrons. The number of hydrogen-bond acceptors (Lipinski definition) is 7. The van der Waals surface area contributed by atoms with E-state index >= 15 is 0 Å². The second-order valence-electron chi connectivity index (χ2n) is 17.4. The Morgan fingerprint density at radius 1 is 0.953 bits per heavy atom. The van der Waals surface area contributed by atoms with Gasteiger partial charge in [0.2, 0.25) is 0 Å². The van der Waals surface area contributed by atoms with Gasteiger partial charge in [0.1, 0.15) is 0 Å². The maximum absolute atomic E-state index is 4.97. The summed E-state index contributed by atoms with van der Waals surface area (Å²) in [5.41, 5.74) is 3.46. The average molecular weight is 613 g/mol. The molecule has 6 nitrogen and oxygen atoms in total. The van der Waals surface area contributed by atoms with Crippen molar-refractivity contribution in [2.24, 2.45) is 22.7 Å². The summed E-state index contributed by atoms with van der Waals surface area (Å²) < 4.78 is 3.87. The highest BCUT2D eigenvalue weighted by molar-refractivity contribution is 7.98. The van der Waals surface area contributed by atoms with E-state index in [0.29, 0.717) is 41.1 Å². The van der Waals surface area contributed by atoms with E-state index in [4.69, 9.17) is 4.98 Å². The monoisotopic (exact) mass is 612 g/mol. The Kier molecular flexibility index (Phi) is 10.9. The number of pyridine rings is 1. The van der Waals surface area contributed by atoms with Crippen molar-refractivity contribution in [3.63, 3.8) is 0 Å². The number of aromatic nitrogens is 1.